The van der Waals surface area contributed by atoms with Crippen LogP contribution in [-0.4, -0.2) is 134 Å². The van der Waals surface area contributed by atoms with Crippen molar-refractivity contribution in [2.75, 3.05) is 47.2 Å². The molecule has 0 bridgehead atoms. The van der Waals surface area contributed by atoms with Gasteiger partial charge in [0, 0.05) is 46.8 Å². The number of amides is 6. The molecule has 2 aromatic rings. The molecule has 0 saturated carbocycles. The first-order valence-electron chi connectivity index (χ1n) is 23.0. The van der Waals surface area contributed by atoms with Crippen LogP contribution in [0.5, 0.6) is 0 Å². The minimum atomic E-state index is -0.999. The van der Waals surface area contributed by atoms with Gasteiger partial charge in [-0.1, -0.05) is 97.4 Å². The van der Waals surface area contributed by atoms with Crippen LogP contribution in [0.15, 0.2) is 54.6 Å². The Morgan fingerprint density at radius 2 is 1.45 bits per heavy atom. The molecule has 9 atom stereocenters. The first kappa shape index (κ1) is 54.4. The number of hydrogen-bond donors (Lipinski definition) is 4. The number of hydroxylamine groups is 1. The maximum absolute atomic E-state index is 14.4. The average Bonchev–Trinajstić information content (AvgIpc) is 3.75. The van der Waals surface area contributed by atoms with Crippen molar-refractivity contribution in [3.05, 3.63) is 65.7 Å². The van der Waals surface area contributed by atoms with Crippen molar-refractivity contribution < 1.29 is 43.1 Å². The molecule has 362 valence electrons. The number of carbonyl (C=O) groups is 6. The molecule has 1 aliphatic heterocycles. The lowest BCUT2D eigenvalue weighted by Crippen LogP contribution is -2.59. The summed E-state index contributed by atoms with van der Waals surface area (Å²) in [5, 5.41) is 8.67. The molecule has 1 saturated heterocycles. The normalized spacial score (nSPS) is 17.7. The highest BCUT2D eigenvalue weighted by Gasteiger charge is 2.43. The number of anilines is 1. The van der Waals surface area contributed by atoms with Crippen molar-refractivity contribution in [2.24, 2.45) is 23.7 Å². The summed E-state index contributed by atoms with van der Waals surface area (Å²) in [5.41, 5.74) is 4.71. The van der Waals surface area contributed by atoms with E-state index in [4.69, 9.17) is 14.3 Å². The van der Waals surface area contributed by atoms with Crippen molar-refractivity contribution in [3.8, 4) is 0 Å². The molecule has 1 aliphatic rings. The second-order valence-corrected chi connectivity index (χ2v) is 18.4. The number of carbonyl (C=O) groups excluding carboxylic acids is 6. The van der Waals surface area contributed by atoms with Gasteiger partial charge >= 0.3 is 0 Å². The zero-order valence-electron chi connectivity index (χ0n) is 41.0. The van der Waals surface area contributed by atoms with E-state index in [0.29, 0.717) is 31.5 Å². The maximum Gasteiger partial charge on any atom is 0.266 e. The molecule has 1 heterocycles. The monoisotopic (exact) mass is 908 g/mol. The smallest absolute Gasteiger partial charge is 0.266 e. The zero-order chi connectivity index (χ0) is 48.5. The van der Waals surface area contributed by atoms with E-state index in [-0.39, 0.29) is 60.8 Å². The van der Waals surface area contributed by atoms with Crippen LogP contribution < -0.4 is 21.4 Å². The Morgan fingerprint density at radius 3 is 1.98 bits per heavy atom. The van der Waals surface area contributed by atoms with Gasteiger partial charge in [-0.2, -0.15) is 0 Å². The van der Waals surface area contributed by atoms with Gasteiger partial charge in [-0.05, 0) is 68.0 Å². The third kappa shape index (κ3) is 15.6. The molecule has 0 unspecified atom stereocenters. The summed E-state index contributed by atoms with van der Waals surface area (Å²) in [7, 11) is 8.47. The minimum absolute atomic E-state index is 0.0236. The number of nitrogens with one attached hydrogen (secondary N) is 4. The first-order valence-corrected chi connectivity index (χ1v) is 23.0. The Kier molecular flexibility index (Phi) is 22.0. The highest BCUT2D eigenvalue weighted by Crippen LogP contribution is 2.30. The van der Waals surface area contributed by atoms with E-state index in [1.54, 1.807) is 55.1 Å². The average molecular weight is 908 g/mol. The molecule has 2 aromatic carbocycles. The second-order valence-electron chi connectivity index (χ2n) is 18.4. The number of likely N-dealkylation sites (tertiary alicyclic amines) is 1. The van der Waals surface area contributed by atoms with E-state index in [1.807, 2.05) is 90.9 Å². The molecule has 65 heavy (non-hydrogen) atoms. The van der Waals surface area contributed by atoms with Gasteiger partial charge in [0.1, 0.15) is 12.1 Å². The van der Waals surface area contributed by atoms with E-state index in [2.05, 4.69) is 21.4 Å². The van der Waals surface area contributed by atoms with Crippen molar-refractivity contribution >= 4 is 41.1 Å². The predicted molar refractivity (Wildman–Crippen MR) is 251 cm³/mol. The van der Waals surface area contributed by atoms with Crippen LogP contribution in [0.2, 0.25) is 0 Å². The van der Waals surface area contributed by atoms with Gasteiger partial charge in [0.05, 0.1) is 49.3 Å². The van der Waals surface area contributed by atoms with Gasteiger partial charge in [-0.15, -0.1) is 0 Å². The third-order valence-corrected chi connectivity index (χ3v) is 12.5. The first-order chi connectivity index (χ1) is 30.7. The number of methoxy groups -OCH3 is 2. The fourth-order valence-corrected chi connectivity index (χ4v) is 8.92. The molecular formula is C49H77N7O9. The standard InChI is InChI=1S/C49H77N7O9/c1-14-32(6)44(55(11)49(62)42(30(2)3)52-48(61)43(31(4)5)54(9)10)40(63-12)28-41(58)56-26-18-21-39(56)45(64-13)33(7)46(59)51-38(27-35-19-16-15-17-20-35)47(60)53-65-29-36-22-24-37(25-23-36)50-34(8)57/h15-17,19-20,22-25,30-33,38-40,42-45H,14,18,21,26-29H2,1-13H3,(H,50,57)(H,51,59)(H,52,61)(H,53,60)/t32-,33+,38-,39-,40+,42-,43-,44-,45+/m0/s1. The number of ether oxygens (including phenoxy) is 2. The maximum atomic E-state index is 14.4. The molecule has 4 N–H and O–H groups in total. The van der Waals surface area contributed by atoms with Gasteiger partial charge in [-0.3, -0.25) is 38.5 Å². The number of likely N-dealkylation sites (N-methyl/N-ethyl adjacent to an activating group) is 2. The van der Waals surface area contributed by atoms with Crippen LogP contribution in [-0.2, 0) is 56.1 Å². The van der Waals surface area contributed by atoms with E-state index >= 15 is 0 Å². The zero-order valence-corrected chi connectivity index (χ0v) is 41.0. The van der Waals surface area contributed by atoms with Crippen molar-refractivity contribution in [1.29, 1.82) is 0 Å². The Labute approximate surface area is 387 Å². The van der Waals surface area contributed by atoms with E-state index in [0.717, 1.165) is 11.1 Å². The second kappa shape index (κ2) is 26.3. The fraction of sp³-hybridized carbons (Fsp3) is 0.633. The summed E-state index contributed by atoms with van der Waals surface area (Å²) in [4.78, 5) is 92.2. The minimum Gasteiger partial charge on any atom is -0.379 e. The van der Waals surface area contributed by atoms with Crippen LogP contribution >= 0.6 is 0 Å². The van der Waals surface area contributed by atoms with Gasteiger partial charge in [0.2, 0.25) is 29.5 Å². The Balaban J connectivity index is 1.77. The number of hydrogen-bond acceptors (Lipinski definition) is 10. The summed E-state index contributed by atoms with van der Waals surface area (Å²) >= 11 is 0. The summed E-state index contributed by atoms with van der Waals surface area (Å²) in [6.45, 7) is 15.5. The molecule has 0 spiro atoms. The Morgan fingerprint density at radius 1 is 0.800 bits per heavy atom. The van der Waals surface area contributed by atoms with Crippen molar-refractivity contribution in [2.45, 2.75) is 137 Å². The molecular weight excluding hydrogens is 831 g/mol. The fourth-order valence-electron chi connectivity index (χ4n) is 8.92. The van der Waals surface area contributed by atoms with Gasteiger partial charge in [0.15, 0.2) is 0 Å². The van der Waals surface area contributed by atoms with Crippen LogP contribution in [0.1, 0.15) is 92.2 Å². The summed E-state index contributed by atoms with van der Waals surface area (Å²) < 4.78 is 12.1. The quantitative estimate of drug-likeness (QED) is 0.103. The van der Waals surface area contributed by atoms with Crippen LogP contribution in [0.25, 0.3) is 0 Å². The molecule has 0 aromatic heterocycles. The largest absolute Gasteiger partial charge is 0.379 e. The third-order valence-electron chi connectivity index (χ3n) is 12.5. The molecule has 16 heteroatoms. The molecule has 3 rings (SSSR count). The molecule has 6 amide bonds. The summed E-state index contributed by atoms with van der Waals surface area (Å²) in [5.74, 6) is -2.83. The van der Waals surface area contributed by atoms with Gasteiger partial charge in [-0.25, -0.2) is 5.48 Å². The van der Waals surface area contributed by atoms with Crippen molar-refractivity contribution in [1.82, 2.24) is 30.8 Å². The lowest BCUT2D eigenvalue weighted by atomic mass is 9.89. The van der Waals surface area contributed by atoms with Crippen LogP contribution in [0.3, 0.4) is 0 Å². The van der Waals surface area contributed by atoms with E-state index < -0.39 is 60.1 Å². The predicted octanol–water partition coefficient (Wildman–Crippen LogP) is 4.57. The molecule has 0 aliphatic carbocycles. The molecule has 0 radical (unpaired) electrons. The van der Waals surface area contributed by atoms with Crippen LogP contribution in [0.4, 0.5) is 5.69 Å². The number of rotatable bonds is 25. The van der Waals surface area contributed by atoms with Gasteiger partial charge in [0.25, 0.3) is 5.91 Å². The summed E-state index contributed by atoms with van der Waals surface area (Å²) in [6, 6.07) is 13.2. The SMILES string of the molecule is CC[C@H](C)[C@@H]([C@@H](CC(=O)N1CCC[C@H]1[C@H](OC)[C@@H](C)C(=O)N[C@@H](Cc1ccccc1)C(=O)NOCc1ccc(NC(C)=O)cc1)OC)N(C)C(=O)[C@@H](NC(=O)[C@H](C(C)C)N(C)C)C(C)C. The van der Waals surface area contributed by atoms with Crippen molar-refractivity contribution in [3.63, 3.8) is 0 Å². The van der Waals surface area contributed by atoms with Gasteiger partial charge < -0.3 is 35.2 Å². The Bertz CT molecular complexity index is 1840. The summed E-state index contributed by atoms with van der Waals surface area (Å²) in [6.07, 6.45) is 0.788. The lowest BCUT2D eigenvalue weighted by Gasteiger charge is -2.41. The Hall–Kier alpha value is -4.90. The molecule has 1 fully saturated rings. The number of nitrogens with zero attached hydrogens (tertiary/aromatic N) is 3. The van der Waals surface area contributed by atoms with E-state index in [9.17, 15) is 28.8 Å². The number of benzene rings is 2. The lowest BCUT2D eigenvalue weighted by molar-refractivity contribution is -0.148. The van der Waals surface area contributed by atoms with Crippen LogP contribution in [0, 0.1) is 23.7 Å². The highest BCUT2D eigenvalue weighted by atomic mass is 16.7. The van der Waals surface area contributed by atoms with E-state index in [1.165, 1.54) is 14.0 Å². The highest BCUT2D eigenvalue weighted by molar-refractivity contribution is 5.91. The topological polar surface area (TPSA) is 188 Å². The molecule has 16 nitrogen and oxygen atoms in total.